The molecule has 0 fully saturated rings. The summed E-state index contributed by atoms with van der Waals surface area (Å²) in [5.74, 6) is -0.378. The zero-order valence-electron chi connectivity index (χ0n) is 15.1. The van der Waals surface area contributed by atoms with Gasteiger partial charge in [0.2, 0.25) is 0 Å². The summed E-state index contributed by atoms with van der Waals surface area (Å²) in [4.78, 5) is 12.4. The minimum absolute atomic E-state index is 0.0785. The Morgan fingerprint density at radius 1 is 0.923 bits per heavy atom. The van der Waals surface area contributed by atoms with Gasteiger partial charge in [0.05, 0.1) is 6.42 Å². The van der Waals surface area contributed by atoms with E-state index in [9.17, 15) is 4.79 Å². The first-order chi connectivity index (χ1) is 11.6. The van der Waals surface area contributed by atoms with Crippen molar-refractivity contribution in [3.63, 3.8) is 0 Å². The third kappa shape index (κ3) is 7.12. The van der Waals surface area contributed by atoms with Crippen molar-refractivity contribution in [2.75, 3.05) is 0 Å². The molecule has 148 valence electrons. The quantitative estimate of drug-likeness (QED) is 0.198. The molecule has 26 heavy (non-hydrogen) atoms. The molecule has 0 radical (unpaired) electrons. The second-order valence-electron chi connectivity index (χ2n) is 7.62. The number of ether oxygens (including phenoxy) is 1. The average Bonchev–Trinajstić information content (AvgIpc) is 2.48. The summed E-state index contributed by atoms with van der Waals surface area (Å²) >= 11 is 17.6. The molecule has 0 saturated heterocycles. The van der Waals surface area contributed by atoms with Crippen molar-refractivity contribution in [2.24, 2.45) is 17.4 Å². The Balaban J connectivity index is 2.90. The van der Waals surface area contributed by atoms with Crippen LogP contribution in [0.3, 0.4) is 0 Å². The van der Waals surface area contributed by atoms with Gasteiger partial charge in [-0.2, -0.15) is 0 Å². The fourth-order valence-corrected chi connectivity index (χ4v) is 5.78. The van der Waals surface area contributed by atoms with Crippen LogP contribution in [0.4, 0.5) is 0 Å². The molecule has 0 bridgehead atoms. The highest BCUT2D eigenvalue weighted by Gasteiger charge is 2.32. The van der Waals surface area contributed by atoms with Crippen molar-refractivity contribution in [3.8, 4) is 0 Å². The molecule has 0 aliphatic heterocycles. The predicted molar refractivity (Wildman–Crippen MR) is 124 cm³/mol. The third-order valence-electron chi connectivity index (χ3n) is 3.92. The molecule has 0 saturated carbocycles. The monoisotopic (exact) mass is 682 g/mol. The molecule has 0 aromatic heterocycles. The van der Waals surface area contributed by atoms with Crippen molar-refractivity contribution < 1.29 is 9.53 Å². The minimum atomic E-state index is -0.527. The van der Waals surface area contributed by atoms with Crippen LogP contribution >= 0.6 is 79.6 Å². The maximum Gasteiger partial charge on any atom is 0.306 e. The van der Waals surface area contributed by atoms with Crippen LogP contribution in [0.5, 0.6) is 0 Å². The van der Waals surface area contributed by atoms with Gasteiger partial charge in [-0.25, -0.2) is 0 Å². The summed E-state index contributed by atoms with van der Waals surface area (Å²) in [6.45, 7) is 7.82. The van der Waals surface area contributed by atoms with Gasteiger partial charge in [0.15, 0.2) is 0 Å². The number of carbonyl (C=O) groups is 1. The van der Waals surface area contributed by atoms with E-state index in [1.54, 1.807) is 0 Å². The van der Waals surface area contributed by atoms with Gasteiger partial charge in [0, 0.05) is 39.0 Å². The van der Waals surface area contributed by atoms with Gasteiger partial charge in [-0.3, -0.25) is 4.79 Å². The molecule has 4 N–H and O–H groups in total. The van der Waals surface area contributed by atoms with E-state index in [1.807, 2.05) is 27.7 Å². The fourth-order valence-electron chi connectivity index (χ4n) is 2.42. The zero-order chi connectivity index (χ0) is 20.4. The summed E-state index contributed by atoms with van der Waals surface area (Å²) in [5.41, 5.74) is 12.3. The van der Waals surface area contributed by atoms with Crippen LogP contribution in [0.1, 0.15) is 46.1 Å². The molecule has 0 aliphatic carbocycles. The van der Waals surface area contributed by atoms with Gasteiger partial charge in [0.25, 0.3) is 0 Å². The molecule has 0 aliphatic rings. The van der Waals surface area contributed by atoms with Gasteiger partial charge in [-0.05, 0) is 120 Å². The molecule has 1 atom stereocenters. The van der Waals surface area contributed by atoms with Crippen LogP contribution in [0.25, 0.3) is 0 Å². The molecule has 0 spiro atoms. The highest BCUT2D eigenvalue weighted by molar-refractivity contribution is 9.15. The smallest absolute Gasteiger partial charge is 0.306 e. The highest BCUT2D eigenvalue weighted by Crippen LogP contribution is 2.44. The average molecular weight is 687 g/mol. The first-order valence-corrected chi connectivity index (χ1v) is 11.9. The number of carbonyl (C=O) groups excluding carboxylic acids is 1. The number of rotatable bonds is 7. The lowest BCUT2D eigenvalue weighted by molar-refractivity contribution is -0.146. The van der Waals surface area contributed by atoms with Gasteiger partial charge in [-0.1, -0.05) is 0 Å². The number of hydrogen-bond donors (Lipinski definition) is 2. The summed E-state index contributed by atoms with van der Waals surface area (Å²) in [7, 11) is 0. The van der Waals surface area contributed by atoms with E-state index in [0.29, 0.717) is 6.42 Å². The van der Waals surface area contributed by atoms with Crippen molar-refractivity contribution in [1.82, 2.24) is 0 Å². The fraction of sp³-hybridized carbons (Fsp3) is 0.588. The summed E-state index contributed by atoms with van der Waals surface area (Å²) in [5, 5.41) is 0. The van der Waals surface area contributed by atoms with E-state index in [4.69, 9.17) is 16.2 Å². The molecule has 0 amide bonds. The maximum atomic E-state index is 12.4. The Morgan fingerprint density at radius 2 is 1.35 bits per heavy atom. The van der Waals surface area contributed by atoms with Crippen molar-refractivity contribution in [2.45, 2.75) is 58.2 Å². The largest absolute Gasteiger partial charge is 0.461 e. The van der Waals surface area contributed by atoms with E-state index in [-0.39, 0.29) is 24.9 Å². The Bertz CT molecular complexity index is 652. The molecule has 1 rings (SSSR count). The molecule has 1 aromatic carbocycles. The summed E-state index contributed by atoms with van der Waals surface area (Å²) in [6.07, 6.45) is 0.854. The van der Waals surface area contributed by atoms with Crippen LogP contribution in [-0.2, 0) is 16.1 Å². The zero-order valence-corrected chi connectivity index (χ0v) is 23.0. The third-order valence-corrected chi connectivity index (χ3v) is 10.2. The second-order valence-corrected chi connectivity index (χ2v) is 11.6. The highest BCUT2D eigenvalue weighted by atomic mass is 79.9. The van der Waals surface area contributed by atoms with Gasteiger partial charge in [0.1, 0.15) is 6.61 Å². The van der Waals surface area contributed by atoms with Crippen molar-refractivity contribution >= 4 is 85.6 Å². The first-order valence-electron chi connectivity index (χ1n) is 7.89. The maximum absolute atomic E-state index is 12.4. The lowest BCUT2D eigenvalue weighted by Crippen LogP contribution is -2.47. The molecule has 4 nitrogen and oxygen atoms in total. The van der Waals surface area contributed by atoms with E-state index < -0.39 is 11.1 Å². The normalized spacial score (nSPS) is 13.7. The van der Waals surface area contributed by atoms with E-state index in [0.717, 1.165) is 27.9 Å². The summed E-state index contributed by atoms with van der Waals surface area (Å²) in [6, 6.07) is 0. The number of benzene rings is 1. The molecule has 1 aromatic rings. The lowest BCUT2D eigenvalue weighted by Gasteiger charge is -2.34. The Morgan fingerprint density at radius 3 is 1.73 bits per heavy atom. The molecular weight excluding hydrogens is 664 g/mol. The molecule has 1 unspecified atom stereocenters. The van der Waals surface area contributed by atoms with Crippen molar-refractivity contribution in [3.05, 3.63) is 27.9 Å². The SMILES string of the molecule is CC(C)(N)CC(CC(=O)OCc1c(Br)c(Br)c(Br)c(Br)c1Br)C(C)(C)N. The number of esters is 1. The Kier molecular flexibility index (Phi) is 9.32. The number of halogens is 5. The molecule has 0 heterocycles. The second kappa shape index (κ2) is 9.67. The molecular formula is C17H23Br5N2O2. The standard InChI is InChI=1S/C17H23Br5N2O2/c1-16(2,23)6-8(17(3,4)24)5-10(25)26-7-9-11(18)13(20)15(22)14(21)12(9)19/h8H,5-7,23-24H2,1-4H3. The Labute approximate surface area is 197 Å². The van der Waals surface area contributed by atoms with Gasteiger partial charge >= 0.3 is 5.97 Å². The number of nitrogens with two attached hydrogens (primary N) is 2. The van der Waals surface area contributed by atoms with Crippen LogP contribution < -0.4 is 11.5 Å². The van der Waals surface area contributed by atoms with Crippen LogP contribution in [-0.4, -0.2) is 17.0 Å². The van der Waals surface area contributed by atoms with Gasteiger partial charge < -0.3 is 16.2 Å². The van der Waals surface area contributed by atoms with E-state index in [1.165, 1.54) is 0 Å². The summed E-state index contributed by atoms with van der Waals surface area (Å²) < 4.78 is 9.69. The minimum Gasteiger partial charge on any atom is -0.461 e. The number of hydrogen-bond acceptors (Lipinski definition) is 4. The van der Waals surface area contributed by atoms with Gasteiger partial charge in [-0.15, -0.1) is 0 Å². The first kappa shape index (κ1) is 25.0. The molecule has 9 heteroatoms. The Hall–Kier alpha value is 1.01. The lowest BCUT2D eigenvalue weighted by atomic mass is 9.78. The topological polar surface area (TPSA) is 78.3 Å². The van der Waals surface area contributed by atoms with E-state index in [2.05, 4.69) is 79.6 Å². The van der Waals surface area contributed by atoms with Crippen LogP contribution in [0.15, 0.2) is 22.4 Å². The predicted octanol–water partition coefficient (Wildman–Crippen LogP) is 6.41. The van der Waals surface area contributed by atoms with E-state index >= 15 is 0 Å². The van der Waals surface area contributed by atoms with Crippen LogP contribution in [0, 0.1) is 5.92 Å². The van der Waals surface area contributed by atoms with Crippen molar-refractivity contribution in [1.29, 1.82) is 0 Å². The van der Waals surface area contributed by atoms with Crippen LogP contribution in [0.2, 0.25) is 0 Å².